The van der Waals surface area contributed by atoms with Crippen LogP contribution in [0.1, 0.15) is 45.2 Å². The largest absolute Gasteiger partial charge is 0.354 e. The summed E-state index contributed by atoms with van der Waals surface area (Å²) < 4.78 is 0. The number of rotatable bonds is 7. The van der Waals surface area contributed by atoms with Gasteiger partial charge in [0.25, 0.3) is 0 Å². The minimum atomic E-state index is 0.129. The van der Waals surface area contributed by atoms with Gasteiger partial charge in [0.1, 0.15) is 0 Å². The molecule has 1 heterocycles. The molecule has 0 radical (unpaired) electrons. The second-order valence-electron chi connectivity index (χ2n) is 4.36. The van der Waals surface area contributed by atoms with Gasteiger partial charge in [0.15, 0.2) is 0 Å². The van der Waals surface area contributed by atoms with Crippen LogP contribution in [0.3, 0.4) is 0 Å². The van der Waals surface area contributed by atoms with Gasteiger partial charge in [-0.15, -0.1) is 0 Å². The first-order valence-electron chi connectivity index (χ1n) is 6.18. The Bertz CT molecular complexity index is 324. The fourth-order valence-electron chi connectivity index (χ4n) is 1.49. The summed E-state index contributed by atoms with van der Waals surface area (Å²) in [5, 5.41) is 10.5. The van der Waals surface area contributed by atoms with E-state index in [1.165, 1.54) is 5.56 Å². The van der Waals surface area contributed by atoms with Gasteiger partial charge in [0, 0.05) is 25.0 Å². The minimum absolute atomic E-state index is 0.129. The van der Waals surface area contributed by atoms with Crippen LogP contribution < -0.4 is 10.6 Å². The number of carbonyl (C=O) groups excluding carboxylic acids is 1. The predicted molar refractivity (Wildman–Crippen MR) is 73.2 cm³/mol. The van der Waals surface area contributed by atoms with Crippen LogP contribution in [0.15, 0.2) is 16.8 Å². The zero-order valence-corrected chi connectivity index (χ0v) is 11.6. The van der Waals surface area contributed by atoms with Crippen molar-refractivity contribution in [2.45, 2.75) is 45.7 Å². The van der Waals surface area contributed by atoms with Gasteiger partial charge in [-0.2, -0.15) is 11.3 Å². The van der Waals surface area contributed by atoms with Gasteiger partial charge in [-0.1, -0.05) is 6.92 Å². The fourth-order valence-corrected chi connectivity index (χ4v) is 2.24. The van der Waals surface area contributed by atoms with Crippen molar-refractivity contribution in [2.24, 2.45) is 0 Å². The molecule has 0 aliphatic heterocycles. The highest BCUT2D eigenvalue weighted by Crippen LogP contribution is 2.15. The van der Waals surface area contributed by atoms with E-state index in [0.29, 0.717) is 12.5 Å². The lowest BCUT2D eigenvalue weighted by Gasteiger charge is -2.14. The molecule has 2 atom stereocenters. The first-order valence-corrected chi connectivity index (χ1v) is 7.12. The first-order chi connectivity index (χ1) is 8.13. The summed E-state index contributed by atoms with van der Waals surface area (Å²) in [6.45, 7) is 6.94. The molecule has 0 aliphatic carbocycles. The topological polar surface area (TPSA) is 41.1 Å². The molecule has 0 saturated carbocycles. The summed E-state index contributed by atoms with van der Waals surface area (Å²) in [5.41, 5.74) is 1.29. The van der Waals surface area contributed by atoms with Crippen LogP contribution in [0.4, 0.5) is 0 Å². The third-order valence-electron chi connectivity index (χ3n) is 2.87. The highest BCUT2D eigenvalue weighted by Gasteiger charge is 2.07. The zero-order chi connectivity index (χ0) is 12.7. The number of carbonyl (C=O) groups is 1. The van der Waals surface area contributed by atoms with Crippen molar-refractivity contribution in [2.75, 3.05) is 6.54 Å². The number of thiophene rings is 1. The molecule has 17 heavy (non-hydrogen) atoms. The van der Waals surface area contributed by atoms with Crippen molar-refractivity contribution in [1.29, 1.82) is 0 Å². The maximum Gasteiger partial charge on any atom is 0.221 e. The second kappa shape index (κ2) is 7.45. The van der Waals surface area contributed by atoms with Crippen molar-refractivity contribution in [3.8, 4) is 0 Å². The predicted octanol–water partition coefficient (Wildman–Crippen LogP) is 2.70. The Hall–Kier alpha value is -0.870. The minimum Gasteiger partial charge on any atom is -0.354 e. The Balaban J connectivity index is 2.17. The molecule has 1 aromatic heterocycles. The highest BCUT2D eigenvalue weighted by atomic mass is 32.1. The number of hydrogen-bond donors (Lipinski definition) is 2. The van der Waals surface area contributed by atoms with Crippen molar-refractivity contribution < 1.29 is 4.79 Å². The molecule has 0 bridgehead atoms. The summed E-state index contributed by atoms with van der Waals surface area (Å²) in [6, 6.07) is 2.70. The molecule has 0 fully saturated rings. The van der Waals surface area contributed by atoms with E-state index in [9.17, 15) is 4.79 Å². The molecule has 2 N–H and O–H groups in total. The lowest BCUT2D eigenvalue weighted by Crippen LogP contribution is -2.34. The summed E-state index contributed by atoms with van der Waals surface area (Å²) in [6.07, 6.45) is 1.52. The summed E-state index contributed by atoms with van der Waals surface area (Å²) in [7, 11) is 0. The van der Waals surface area contributed by atoms with Crippen molar-refractivity contribution in [1.82, 2.24) is 10.6 Å². The van der Waals surface area contributed by atoms with Crippen molar-refractivity contribution in [3.63, 3.8) is 0 Å². The standard InChI is InChI=1S/C13H22N2OS/c1-4-10(2)15-13(16)5-7-14-11(3)12-6-8-17-9-12/h6,8-11,14H,4-5,7H2,1-3H3,(H,15,16). The molecule has 1 aromatic rings. The smallest absolute Gasteiger partial charge is 0.221 e. The van der Waals surface area contributed by atoms with E-state index in [2.05, 4.69) is 41.3 Å². The van der Waals surface area contributed by atoms with Crippen LogP contribution in [0.25, 0.3) is 0 Å². The molecule has 1 rings (SSSR count). The van der Waals surface area contributed by atoms with E-state index < -0.39 is 0 Å². The molecule has 0 spiro atoms. The van der Waals surface area contributed by atoms with Crippen LogP contribution in [0.5, 0.6) is 0 Å². The van der Waals surface area contributed by atoms with Gasteiger partial charge in [0.2, 0.25) is 5.91 Å². The number of amides is 1. The van der Waals surface area contributed by atoms with E-state index in [-0.39, 0.29) is 11.9 Å². The Morgan fingerprint density at radius 2 is 2.24 bits per heavy atom. The molecule has 2 unspecified atom stereocenters. The molecule has 0 aliphatic rings. The third kappa shape index (κ3) is 5.33. The zero-order valence-electron chi connectivity index (χ0n) is 10.8. The van der Waals surface area contributed by atoms with E-state index in [1.807, 2.05) is 6.92 Å². The van der Waals surface area contributed by atoms with Gasteiger partial charge in [0.05, 0.1) is 0 Å². The third-order valence-corrected chi connectivity index (χ3v) is 3.57. The van der Waals surface area contributed by atoms with Gasteiger partial charge in [-0.3, -0.25) is 4.79 Å². The Kier molecular flexibility index (Phi) is 6.22. The average Bonchev–Trinajstić information content (AvgIpc) is 2.82. The lowest BCUT2D eigenvalue weighted by molar-refractivity contribution is -0.121. The van der Waals surface area contributed by atoms with Crippen LogP contribution in [-0.4, -0.2) is 18.5 Å². The average molecular weight is 254 g/mol. The van der Waals surface area contributed by atoms with Crippen molar-refractivity contribution >= 4 is 17.2 Å². The van der Waals surface area contributed by atoms with E-state index in [1.54, 1.807) is 11.3 Å². The maximum atomic E-state index is 11.5. The lowest BCUT2D eigenvalue weighted by atomic mass is 10.2. The number of hydrogen-bond acceptors (Lipinski definition) is 3. The quantitative estimate of drug-likeness (QED) is 0.785. The Labute approximate surface area is 108 Å². The van der Waals surface area contributed by atoms with E-state index in [0.717, 1.165) is 13.0 Å². The van der Waals surface area contributed by atoms with Crippen LogP contribution >= 0.6 is 11.3 Å². The first kappa shape index (κ1) is 14.2. The SMILES string of the molecule is CCC(C)NC(=O)CCNC(C)c1ccsc1. The van der Waals surface area contributed by atoms with Gasteiger partial charge in [-0.05, 0) is 42.7 Å². The highest BCUT2D eigenvalue weighted by molar-refractivity contribution is 7.07. The molecular weight excluding hydrogens is 232 g/mol. The van der Waals surface area contributed by atoms with E-state index in [4.69, 9.17) is 0 Å². The maximum absolute atomic E-state index is 11.5. The molecule has 0 saturated heterocycles. The Morgan fingerprint density at radius 3 is 2.82 bits per heavy atom. The summed E-state index contributed by atoms with van der Waals surface area (Å²) >= 11 is 1.70. The number of nitrogens with one attached hydrogen (secondary N) is 2. The summed E-state index contributed by atoms with van der Waals surface area (Å²) in [4.78, 5) is 11.5. The van der Waals surface area contributed by atoms with Gasteiger partial charge in [-0.25, -0.2) is 0 Å². The molecule has 1 amide bonds. The van der Waals surface area contributed by atoms with Gasteiger partial charge >= 0.3 is 0 Å². The molecule has 0 aromatic carbocycles. The fraction of sp³-hybridized carbons (Fsp3) is 0.615. The monoisotopic (exact) mass is 254 g/mol. The van der Waals surface area contributed by atoms with E-state index >= 15 is 0 Å². The van der Waals surface area contributed by atoms with Crippen LogP contribution in [0.2, 0.25) is 0 Å². The van der Waals surface area contributed by atoms with Crippen LogP contribution in [-0.2, 0) is 4.79 Å². The van der Waals surface area contributed by atoms with Gasteiger partial charge < -0.3 is 10.6 Å². The second-order valence-corrected chi connectivity index (χ2v) is 5.14. The molecule has 96 valence electrons. The van der Waals surface area contributed by atoms with Crippen molar-refractivity contribution in [3.05, 3.63) is 22.4 Å². The Morgan fingerprint density at radius 1 is 1.47 bits per heavy atom. The van der Waals surface area contributed by atoms with Crippen LogP contribution in [0, 0.1) is 0 Å². The molecule has 3 nitrogen and oxygen atoms in total. The normalized spacial score (nSPS) is 14.3. The molecular formula is C13H22N2OS. The molecule has 4 heteroatoms. The summed E-state index contributed by atoms with van der Waals surface area (Å²) in [5.74, 6) is 0.129.